The first-order chi connectivity index (χ1) is 16.7. The number of fused-ring (bicyclic) bond motifs is 1. The number of hydrogen-bond acceptors (Lipinski definition) is 8. The van der Waals surface area contributed by atoms with E-state index in [9.17, 15) is 14.0 Å². The van der Waals surface area contributed by atoms with Crippen molar-refractivity contribution in [3.63, 3.8) is 0 Å². The van der Waals surface area contributed by atoms with Crippen molar-refractivity contribution in [3.05, 3.63) is 69.3 Å². The second kappa shape index (κ2) is 12.0. The lowest BCUT2D eigenvalue weighted by Crippen LogP contribution is -2.25. The molecule has 0 fully saturated rings. The van der Waals surface area contributed by atoms with E-state index in [1.54, 1.807) is 63.4 Å². The second-order valence-electron chi connectivity index (χ2n) is 8.06. The number of carbonyl (C=O) groups is 1. The van der Waals surface area contributed by atoms with Crippen LogP contribution < -0.4 is 19.8 Å². The molecule has 35 heavy (non-hydrogen) atoms. The Bertz CT molecular complexity index is 1250. The Morgan fingerprint density at radius 2 is 1.94 bits per heavy atom. The average molecular weight is 507 g/mol. The quantitative estimate of drug-likeness (QED) is 0.313. The Kier molecular flexibility index (Phi) is 9.07. The van der Waals surface area contributed by atoms with Crippen molar-refractivity contribution in [2.75, 3.05) is 46.1 Å². The van der Waals surface area contributed by atoms with Crippen molar-refractivity contribution in [2.45, 2.75) is 13.0 Å². The van der Waals surface area contributed by atoms with Gasteiger partial charge >= 0.3 is 11.7 Å². The molecular formula is C24H28F2N4O4S. The topological polar surface area (TPSA) is 87.1 Å². The van der Waals surface area contributed by atoms with Gasteiger partial charge in [0.1, 0.15) is 18.0 Å². The maximum Gasteiger partial charge on any atom is 0.414 e. The van der Waals surface area contributed by atoms with Crippen molar-refractivity contribution in [2.24, 2.45) is 0 Å². The number of ether oxygens (including phenoxy) is 1. The van der Waals surface area contributed by atoms with Gasteiger partial charge < -0.3 is 18.8 Å². The Labute approximate surface area is 206 Å². The molecule has 0 bridgehead atoms. The summed E-state index contributed by atoms with van der Waals surface area (Å²) in [7, 11) is 6.54. The van der Waals surface area contributed by atoms with Crippen molar-refractivity contribution >= 4 is 34.9 Å². The maximum atomic E-state index is 15.1. The number of nitrogens with zero attached hydrogens (tertiary/aromatic N) is 2. The van der Waals surface area contributed by atoms with Gasteiger partial charge in [0.2, 0.25) is 0 Å². The molecule has 0 aliphatic rings. The average Bonchev–Trinajstić information content (AvgIpc) is 2.81. The molecular weight excluding hydrogens is 478 g/mol. The van der Waals surface area contributed by atoms with Crippen LogP contribution in [0.5, 0.6) is 5.75 Å². The van der Waals surface area contributed by atoms with Crippen LogP contribution in [-0.2, 0) is 13.0 Å². The van der Waals surface area contributed by atoms with E-state index in [0.717, 1.165) is 12.1 Å². The van der Waals surface area contributed by atoms with Crippen molar-refractivity contribution < 1.29 is 22.7 Å². The zero-order chi connectivity index (χ0) is 25.5. The number of nitrogens with one attached hydrogen (secondary N) is 2. The fourth-order valence-electron chi connectivity index (χ4n) is 3.48. The summed E-state index contributed by atoms with van der Waals surface area (Å²) in [5.41, 5.74) is 1.03. The van der Waals surface area contributed by atoms with Crippen molar-refractivity contribution in [3.8, 4) is 5.75 Å². The van der Waals surface area contributed by atoms with Gasteiger partial charge in [0, 0.05) is 62.8 Å². The Balaban J connectivity index is 2.09. The summed E-state index contributed by atoms with van der Waals surface area (Å²) in [6.07, 6.45) is -0.591. The van der Waals surface area contributed by atoms with E-state index >= 15 is 4.39 Å². The van der Waals surface area contributed by atoms with Gasteiger partial charge in [-0.3, -0.25) is 4.90 Å². The Morgan fingerprint density at radius 3 is 2.63 bits per heavy atom. The summed E-state index contributed by atoms with van der Waals surface area (Å²) >= 11 is 1.12. The van der Waals surface area contributed by atoms with E-state index in [1.807, 2.05) is 0 Å². The molecule has 0 spiro atoms. The molecule has 2 aromatic carbocycles. The molecule has 1 amide bonds. The highest BCUT2D eigenvalue weighted by molar-refractivity contribution is 7.98. The number of hydrogen-bond donors (Lipinski definition) is 2. The number of alkyl halides is 1. The highest BCUT2D eigenvalue weighted by Gasteiger charge is 2.20. The van der Waals surface area contributed by atoms with Gasteiger partial charge in [-0.05, 0) is 43.4 Å². The van der Waals surface area contributed by atoms with E-state index in [2.05, 4.69) is 9.44 Å². The van der Waals surface area contributed by atoms with Crippen LogP contribution in [0.25, 0.3) is 11.0 Å². The van der Waals surface area contributed by atoms with Crippen LogP contribution in [0.4, 0.5) is 19.3 Å². The second-order valence-corrected chi connectivity index (χ2v) is 8.87. The van der Waals surface area contributed by atoms with Crippen molar-refractivity contribution in [1.82, 2.24) is 14.5 Å². The van der Waals surface area contributed by atoms with Crippen LogP contribution >= 0.6 is 12.1 Å². The fraction of sp³-hybridized carbons (Fsp3) is 0.333. The molecule has 188 valence electrons. The van der Waals surface area contributed by atoms with Crippen LogP contribution in [0, 0.1) is 5.82 Å². The third-order valence-electron chi connectivity index (χ3n) is 5.27. The summed E-state index contributed by atoms with van der Waals surface area (Å²) in [6.45, 7) is -0.149. The number of benzene rings is 2. The number of halogens is 2. The molecule has 3 aromatic rings. The van der Waals surface area contributed by atoms with Gasteiger partial charge in [-0.15, -0.1) is 0 Å². The standard InChI is InChI=1S/C24H28F2N4O4S/c1-27-35-28-20-7-5-6-15(22(20)26)12-18-19(14-30(4)11-10-25)17-9-8-16(33-24(32)29(2)3)13-21(17)34-23(18)31/h5-9,13,27-28H,10-12,14H2,1-4H3. The third-order valence-corrected chi connectivity index (χ3v) is 5.79. The number of anilines is 1. The highest BCUT2D eigenvalue weighted by atomic mass is 32.2. The smallest absolute Gasteiger partial charge is 0.414 e. The first-order valence-electron chi connectivity index (χ1n) is 10.8. The van der Waals surface area contributed by atoms with E-state index in [1.165, 1.54) is 11.0 Å². The lowest BCUT2D eigenvalue weighted by atomic mass is 9.97. The minimum atomic E-state index is -0.639. The first kappa shape index (κ1) is 26.5. The van der Waals surface area contributed by atoms with Gasteiger partial charge in [-0.25, -0.2) is 23.1 Å². The zero-order valence-corrected chi connectivity index (χ0v) is 20.8. The molecule has 0 saturated carbocycles. The molecule has 0 unspecified atom stereocenters. The molecule has 11 heteroatoms. The molecule has 8 nitrogen and oxygen atoms in total. The minimum absolute atomic E-state index is 0.0139. The number of rotatable bonds is 10. The van der Waals surface area contributed by atoms with Gasteiger partial charge in [0.05, 0.1) is 5.69 Å². The minimum Gasteiger partial charge on any atom is -0.422 e. The molecule has 3 rings (SSSR count). The van der Waals surface area contributed by atoms with E-state index in [4.69, 9.17) is 9.15 Å². The molecule has 2 N–H and O–H groups in total. The normalized spacial score (nSPS) is 11.2. The van der Waals surface area contributed by atoms with Crippen LogP contribution in [0.15, 0.2) is 45.6 Å². The highest BCUT2D eigenvalue weighted by Crippen LogP contribution is 2.29. The lowest BCUT2D eigenvalue weighted by molar-refractivity contribution is 0.172. The van der Waals surface area contributed by atoms with Crippen LogP contribution in [0.3, 0.4) is 0 Å². The monoisotopic (exact) mass is 506 g/mol. The lowest BCUT2D eigenvalue weighted by Gasteiger charge is -2.19. The van der Waals surface area contributed by atoms with Crippen LogP contribution in [0.1, 0.15) is 16.7 Å². The maximum absolute atomic E-state index is 15.1. The SMILES string of the molecule is CNSNc1cccc(Cc2c(CN(C)CCF)c3ccc(OC(=O)N(C)C)cc3oc2=O)c1F. The number of carbonyl (C=O) groups excluding carboxylic acids is 1. The summed E-state index contributed by atoms with van der Waals surface area (Å²) < 4.78 is 44.6. The van der Waals surface area contributed by atoms with Gasteiger partial charge in [-0.2, -0.15) is 0 Å². The molecule has 0 radical (unpaired) electrons. The van der Waals surface area contributed by atoms with Gasteiger partial charge in [0.25, 0.3) is 0 Å². The predicted octanol–water partition coefficient (Wildman–Crippen LogP) is 4.18. The largest absolute Gasteiger partial charge is 0.422 e. The molecule has 0 atom stereocenters. The van der Waals surface area contributed by atoms with Crippen molar-refractivity contribution in [1.29, 1.82) is 0 Å². The van der Waals surface area contributed by atoms with E-state index in [-0.39, 0.29) is 42.1 Å². The van der Waals surface area contributed by atoms with E-state index in [0.29, 0.717) is 16.5 Å². The molecule has 1 aromatic heterocycles. The van der Waals surface area contributed by atoms with Gasteiger partial charge in [0.15, 0.2) is 5.82 Å². The fourth-order valence-corrected chi connectivity index (χ4v) is 3.85. The van der Waals surface area contributed by atoms with Gasteiger partial charge in [-0.1, -0.05) is 12.1 Å². The number of amides is 1. The Morgan fingerprint density at radius 1 is 1.17 bits per heavy atom. The summed E-state index contributed by atoms with van der Waals surface area (Å²) in [6, 6.07) is 9.62. The summed E-state index contributed by atoms with van der Waals surface area (Å²) in [5, 5.41) is 0.593. The molecule has 0 saturated heterocycles. The van der Waals surface area contributed by atoms with E-state index < -0.39 is 24.2 Å². The summed E-state index contributed by atoms with van der Waals surface area (Å²) in [4.78, 5) is 28.0. The molecule has 0 aliphatic carbocycles. The Hall–Kier alpha value is -3.15. The zero-order valence-electron chi connectivity index (χ0n) is 20.0. The summed E-state index contributed by atoms with van der Waals surface area (Å²) in [5.74, 6) is -0.272. The molecule has 0 aliphatic heterocycles. The van der Waals surface area contributed by atoms with Crippen LogP contribution in [-0.4, -0.2) is 57.3 Å². The van der Waals surface area contributed by atoms with Crippen LogP contribution in [0.2, 0.25) is 0 Å². The predicted molar refractivity (Wildman–Crippen MR) is 134 cm³/mol. The third kappa shape index (κ3) is 6.50. The molecule has 1 heterocycles. The first-order valence-corrected chi connectivity index (χ1v) is 11.6.